The number of nitro benzene ring substituents is 1. The maximum atomic E-state index is 12.1. The molecule has 1 saturated heterocycles. The van der Waals surface area contributed by atoms with Crippen LogP contribution in [-0.4, -0.2) is 34.3 Å². The van der Waals surface area contributed by atoms with Gasteiger partial charge in [0.05, 0.1) is 11.5 Å². The van der Waals surface area contributed by atoms with E-state index < -0.39 is 16.5 Å². The monoisotopic (exact) mass is 292 g/mol. The SMILES string of the molecule is CNc1cc(CN2C(=O)NC(C)(C)C2=O)ccc1[N+](=O)[O-]. The second-order valence-electron chi connectivity index (χ2n) is 5.31. The zero-order chi connectivity index (χ0) is 15.8. The number of amides is 3. The lowest BCUT2D eigenvalue weighted by Crippen LogP contribution is -2.40. The first-order valence-electron chi connectivity index (χ1n) is 6.35. The predicted octanol–water partition coefficient (Wildman–Crippen LogP) is 1.47. The van der Waals surface area contributed by atoms with Crippen LogP contribution in [0.3, 0.4) is 0 Å². The Bertz CT molecular complexity index is 627. The molecule has 8 heteroatoms. The number of hydrogen-bond acceptors (Lipinski definition) is 5. The normalized spacial score (nSPS) is 16.8. The summed E-state index contributed by atoms with van der Waals surface area (Å²) in [5, 5.41) is 16.2. The van der Waals surface area contributed by atoms with Gasteiger partial charge >= 0.3 is 6.03 Å². The molecule has 1 fully saturated rings. The second kappa shape index (κ2) is 5.04. The first-order chi connectivity index (χ1) is 9.76. The van der Waals surface area contributed by atoms with Crippen molar-refractivity contribution in [2.45, 2.75) is 25.9 Å². The highest BCUT2D eigenvalue weighted by molar-refractivity contribution is 6.06. The van der Waals surface area contributed by atoms with E-state index in [1.54, 1.807) is 27.0 Å². The first kappa shape index (κ1) is 14.8. The van der Waals surface area contributed by atoms with Crippen molar-refractivity contribution < 1.29 is 14.5 Å². The van der Waals surface area contributed by atoms with Crippen LogP contribution in [0.1, 0.15) is 19.4 Å². The summed E-state index contributed by atoms with van der Waals surface area (Å²) in [5.74, 6) is -0.322. The van der Waals surface area contributed by atoms with Gasteiger partial charge in [-0.1, -0.05) is 6.07 Å². The summed E-state index contributed by atoms with van der Waals surface area (Å²) in [6.45, 7) is 3.32. The number of urea groups is 1. The molecule has 0 aromatic heterocycles. The summed E-state index contributed by atoms with van der Waals surface area (Å²) < 4.78 is 0. The van der Waals surface area contributed by atoms with Gasteiger partial charge in [0.25, 0.3) is 11.6 Å². The van der Waals surface area contributed by atoms with Gasteiger partial charge in [-0.05, 0) is 25.5 Å². The summed E-state index contributed by atoms with van der Waals surface area (Å²) in [6.07, 6.45) is 0. The number of hydrogen-bond donors (Lipinski definition) is 2. The molecule has 0 unspecified atom stereocenters. The molecule has 0 bridgehead atoms. The van der Waals surface area contributed by atoms with Crippen molar-refractivity contribution in [3.63, 3.8) is 0 Å². The maximum Gasteiger partial charge on any atom is 0.325 e. The lowest BCUT2D eigenvalue weighted by Gasteiger charge is -2.16. The van der Waals surface area contributed by atoms with E-state index in [-0.39, 0.29) is 18.1 Å². The van der Waals surface area contributed by atoms with E-state index in [1.807, 2.05) is 0 Å². The Morgan fingerprint density at radius 1 is 1.38 bits per heavy atom. The number of nitrogens with zero attached hydrogens (tertiary/aromatic N) is 2. The zero-order valence-corrected chi connectivity index (χ0v) is 12.0. The molecule has 1 heterocycles. The quantitative estimate of drug-likeness (QED) is 0.496. The average molecular weight is 292 g/mol. The van der Waals surface area contributed by atoms with Gasteiger partial charge in [-0.3, -0.25) is 19.8 Å². The smallest absolute Gasteiger partial charge is 0.325 e. The molecule has 21 heavy (non-hydrogen) atoms. The van der Waals surface area contributed by atoms with Crippen LogP contribution in [0.2, 0.25) is 0 Å². The Morgan fingerprint density at radius 2 is 2.05 bits per heavy atom. The Morgan fingerprint density at radius 3 is 2.52 bits per heavy atom. The van der Waals surface area contributed by atoms with Crippen molar-refractivity contribution in [3.8, 4) is 0 Å². The van der Waals surface area contributed by atoms with Crippen LogP contribution in [0.15, 0.2) is 18.2 Å². The topological polar surface area (TPSA) is 105 Å². The second-order valence-corrected chi connectivity index (χ2v) is 5.31. The van der Waals surface area contributed by atoms with Crippen LogP contribution < -0.4 is 10.6 Å². The molecule has 112 valence electrons. The first-order valence-corrected chi connectivity index (χ1v) is 6.35. The third kappa shape index (κ3) is 2.64. The van der Waals surface area contributed by atoms with Crippen molar-refractivity contribution in [1.29, 1.82) is 0 Å². The van der Waals surface area contributed by atoms with Gasteiger partial charge in [0.2, 0.25) is 0 Å². The van der Waals surface area contributed by atoms with Crippen molar-refractivity contribution in [1.82, 2.24) is 10.2 Å². The zero-order valence-electron chi connectivity index (χ0n) is 12.0. The highest BCUT2D eigenvalue weighted by Gasteiger charge is 2.44. The van der Waals surface area contributed by atoms with Crippen LogP contribution in [0, 0.1) is 10.1 Å². The average Bonchev–Trinajstić information content (AvgIpc) is 2.60. The van der Waals surface area contributed by atoms with Crippen molar-refractivity contribution in [3.05, 3.63) is 33.9 Å². The molecule has 1 aliphatic heterocycles. The minimum absolute atomic E-state index is 0.0567. The number of imide groups is 1. The Labute approximate surface area is 121 Å². The van der Waals surface area contributed by atoms with Gasteiger partial charge < -0.3 is 10.6 Å². The summed E-state index contributed by atoms with van der Waals surface area (Å²) in [4.78, 5) is 35.4. The molecule has 1 aliphatic rings. The molecule has 8 nitrogen and oxygen atoms in total. The molecule has 1 aromatic rings. The molecule has 2 rings (SSSR count). The highest BCUT2D eigenvalue weighted by atomic mass is 16.6. The molecule has 0 spiro atoms. The molecule has 0 aliphatic carbocycles. The molecule has 3 amide bonds. The number of carbonyl (C=O) groups excluding carboxylic acids is 2. The van der Waals surface area contributed by atoms with Crippen LogP contribution in [-0.2, 0) is 11.3 Å². The molecule has 0 saturated carbocycles. The lowest BCUT2D eigenvalue weighted by atomic mass is 10.1. The number of nitro groups is 1. The molecule has 1 aromatic carbocycles. The molecule has 0 atom stereocenters. The number of anilines is 1. The van der Waals surface area contributed by atoms with E-state index in [0.29, 0.717) is 11.3 Å². The van der Waals surface area contributed by atoms with Crippen LogP contribution in [0.5, 0.6) is 0 Å². The Kier molecular flexibility index (Phi) is 3.54. The fourth-order valence-electron chi connectivity index (χ4n) is 2.19. The van der Waals surface area contributed by atoms with Gasteiger partial charge in [-0.15, -0.1) is 0 Å². The third-order valence-corrected chi connectivity index (χ3v) is 3.31. The van der Waals surface area contributed by atoms with Crippen molar-refractivity contribution in [2.75, 3.05) is 12.4 Å². The van der Waals surface area contributed by atoms with Gasteiger partial charge in [-0.25, -0.2) is 4.79 Å². The number of carbonyl (C=O) groups is 2. The van der Waals surface area contributed by atoms with E-state index in [9.17, 15) is 19.7 Å². The molecular weight excluding hydrogens is 276 g/mol. The fourth-order valence-corrected chi connectivity index (χ4v) is 2.19. The van der Waals surface area contributed by atoms with Crippen molar-refractivity contribution >= 4 is 23.3 Å². The summed E-state index contributed by atoms with van der Waals surface area (Å²) in [7, 11) is 1.57. The fraction of sp³-hybridized carbons (Fsp3) is 0.385. The minimum Gasteiger partial charge on any atom is -0.383 e. The maximum absolute atomic E-state index is 12.1. The van der Waals surface area contributed by atoms with Gasteiger partial charge in [0, 0.05) is 13.1 Å². The third-order valence-electron chi connectivity index (χ3n) is 3.31. The highest BCUT2D eigenvalue weighted by Crippen LogP contribution is 2.27. The van der Waals surface area contributed by atoms with Crippen LogP contribution in [0.4, 0.5) is 16.2 Å². The number of benzene rings is 1. The Balaban J connectivity index is 2.27. The van der Waals surface area contributed by atoms with Crippen molar-refractivity contribution in [2.24, 2.45) is 0 Å². The lowest BCUT2D eigenvalue weighted by molar-refractivity contribution is -0.384. The Hall–Kier alpha value is -2.64. The molecule has 2 N–H and O–H groups in total. The predicted molar refractivity (Wildman–Crippen MR) is 75.8 cm³/mol. The number of nitrogens with one attached hydrogen (secondary N) is 2. The van der Waals surface area contributed by atoms with E-state index >= 15 is 0 Å². The minimum atomic E-state index is -0.927. The van der Waals surface area contributed by atoms with Crippen LogP contribution >= 0.6 is 0 Å². The van der Waals surface area contributed by atoms with E-state index in [0.717, 1.165) is 4.90 Å². The van der Waals surface area contributed by atoms with E-state index in [2.05, 4.69) is 10.6 Å². The summed E-state index contributed by atoms with van der Waals surface area (Å²) in [6, 6.07) is 3.98. The number of rotatable bonds is 4. The van der Waals surface area contributed by atoms with Gasteiger partial charge in [0.15, 0.2) is 0 Å². The largest absolute Gasteiger partial charge is 0.383 e. The van der Waals surface area contributed by atoms with Gasteiger partial charge in [-0.2, -0.15) is 0 Å². The summed E-state index contributed by atoms with van der Waals surface area (Å²) >= 11 is 0. The van der Waals surface area contributed by atoms with Crippen LogP contribution in [0.25, 0.3) is 0 Å². The molecule has 0 radical (unpaired) electrons. The summed E-state index contributed by atoms with van der Waals surface area (Å²) in [5.41, 5.74) is -0.0160. The van der Waals surface area contributed by atoms with E-state index in [1.165, 1.54) is 12.1 Å². The standard InChI is InChI=1S/C13H16N4O4/c1-13(2)11(18)16(12(19)15-13)7-8-4-5-10(17(20)21)9(6-8)14-3/h4-6,14H,7H2,1-3H3,(H,15,19). The van der Waals surface area contributed by atoms with Gasteiger partial charge in [0.1, 0.15) is 11.2 Å². The van der Waals surface area contributed by atoms with E-state index in [4.69, 9.17) is 0 Å². The molecular formula is C13H16N4O4.